The molecule has 0 heterocycles. The smallest absolute Gasteiger partial charge is 0.0167 e. The maximum atomic E-state index is 2.52. The van der Waals surface area contributed by atoms with Crippen LogP contribution in [0.25, 0.3) is 5.57 Å². The fourth-order valence-corrected chi connectivity index (χ4v) is 4.09. The van der Waals surface area contributed by atoms with Crippen LogP contribution in [0, 0.1) is 6.42 Å². The summed E-state index contributed by atoms with van der Waals surface area (Å²) >= 11 is 0. The molecule has 0 N–H and O–H groups in total. The van der Waals surface area contributed by atoms with Crippen molar-refractivity contribution in [2.75, 3.05) is 0 Å². The summed E-state index contributed by atoms with van der Waals surface area (Å²) < 4.78 is 0. The van der Waals surface area contributed by atoms with E-state index in [9.17, 15) is 0 Å². The van der Waals surface area contributed by atoms with Gasteiger partial charge in [0.05, 0.1) is 0 Å². The third-order valence-corrected chi connectivity index (χ3v) is 5.62. The lowest BCUT2D eigenvalue weighted by atomic mass is 9.87. The Hall–Kier alpha value is -1.04. The van der Waals surface area contributed by atoms with Crippen LogP contribution in [0.15, 0.2) is 17.7 Å². The van der Waals surface area contributed by atoms with Gasteiger partial charge in [-0.2, -0.15) is 0 Å². The molecular formula is C25H39. The van der Waals surface area contributed by atoms with Crippen molar-refractivity contribution < 1.29 is 0 Å². The number of aryl methyl sites for hydroxylation is 1. The first-order valence-electron chi connectivity index (χ1n) is 11.0. The lowest BCUT2D eigenvalue weighted by Crippen LogP contribution is -2.02. The second-order valence-corrected chi connectivity index (χ2v) is 7.73. The summed E-state index contributed by atoms with van der Waals surface area (Å²) in [7, 11) is 0. The maximum Gasteiger partial charge on any atom is 0.0167 e. The number of unbranched alkanes of at least 4 members (excludes halogenated alkanes) is 4. The minimum atomic E-state index is 1.26. The van der Waals surface area contributed by atoms with Crippen LogP contribution in [0.1, 0.15) is 114 Å². The molecule has 0 fully saturated rings. The molecule has 25 heavy (non-hydrogen) atoms. The van der Waals surface area contributed by atoms with E-state index in [0.717, 1.165) is 0 Å². The molecule has 0 heteroatoms. The SMILES string of the molecule is CCCCC1=C(CCCC)c2c(ccc(CCCC)c2CCCC)[CH]1. The number of fused-ring (bicyclic) bond motifs is 1. The number of benzene rings is 1. The Morgan fingerprint density at radius 2 is 1.24 bits per heavy atom. The van der Waals surface area contributed by atoms with E-state index in [1.54, 1.807) is 27.8 Å². The highest BCUT2D eigenvalue weighted by Gasteiger charge is 2.25. The fraction of sp³-hybridized carbons (Fsp3) is 0.640. The Morgan fingerprint density at radius 3 is 1.92 bits per heavy atom. The number of rotatable bonds is 12. The van der Waals surface area contributed by atoms with E-state index in [-0.39, 0.29) is 0 Å². The first kappa shape index (κ1) is 20.3. The zero-order chi connectivity index (χ0) is 18.1. The monoisotopic (exact) mass is 339 g/mol. The lowest BCUT2D eigenvalue weighted by molar-refractivity contribution is 0.754. The van der Waals surface area contributed by atoms with Crippen LogP contribution < -0.4 is 0 Å². The zero-order valence-corrected chi connectivity index (χ0v) is 17.2. The van der Waals surface area contributed by atoms with Crippen LogP contribution in [0.5, 0.6) is 0 Å². The van der Waals surface area contributed by atoms with E-state index < -0.39 is 0 Å². The van der Waals surface area contributed by atoms with Crippen LogP contribution >= 0.6 is 0 Å². The molecule has 0 aromatic heterocycles. The van der Waals surface area contributed by atoms with Crippen LogP contribution in [-0.4, -0.2) is 0 Å². The van der Waals surface area contributed by atoms with Crippen molar-refractivity contribution in [3.05, 3.63) is 46.4 Å². The van der Waals surface area contributed by atoms with Crippen molar-refractivity contribution in [1.29, 1.82) is 0 Å². The zero-order valence-electron chi connectivity index (χ0n) is 17.2. The molecule has 1 aliphatic carbocycles. The van der Waals surface area contributed by atoms with Gasteiger partial charge in [0.25, 0.3) is 0 Å². The van der Waals surface area contributed by atoms with Gasteiger partial charge in [-0.05, 0) is 79.2 Å². The molecule has 0 spiro atoms. The summed E-state index contributed by atoms with van der Waals surface area (Å²) in [5.74, 6) is 0. The summed E-state index contributed by atoms with van der Waals surface area (Å²) in [6.07, 6.45) is 18.0. The van der Waals surface area contributed by atoms with E-state index >= 15 is 0 Å². The minimum Gasteiger partial charge on any atom is -0.0654 e. The molecule has 0 saturated carbocycles. The van der Waals surface area contributed by atoms with Gasteiger partial charge >= 0.3 is 0 Å². The Bertz CT molecular complexity index is 562. The quantitative estimate of drug-likeness (QED) is 0.361. The van der Waals surface area contributed by atoms with Gasteiger partial charge in [0, 0.05) is 6.42 Å². The fourth-order valence-electron chi connectivity index (χ4n) is 4.09. The van der Waals surface area contributed by atoms with Crippen LogP contribution in [0.2, 0.25) is 0 Å². The average Bonchev–Trinajstić information content (AvgIpc) is 2.99. The Balaban J connectivity index is 2.42. The second-order valence-electron chi connectivity index (χ2n) is 7.73. The molecule has 0 nitrogen and oxygen atoms in total. The predicted molar refractivity (Wildman–Crippen MR) is 113 cm³/mol. The molecule has 1 aliphatic rings. The third-order valence-electron chi connectivity index (χ3n) is 5.62. The molecule has 0 amide bonds. The van der Waals surface area contributed by atoms with Gasteiger partial charge < -0.3 is 0 Å². The van der Waals surface area contributed by atoms with Crippen molar-refractivity contribution in [3.63, 3.8) is 0 Å². The highest BCUT2D eigenvalue weighted by molar-refractivity contribution is 5.83. The second kappa shape index (κ2) is 10.8. The van der Waals surface area contributed by atoms with Crippen molar-refractivity contribution in [2.24, 2.45) is 0 Å². The Morgan fingerprint density at radius 1 is 0.640 bits per heavy atom. The van der Waals surface area contributed by atoms with Crippen molar-refractivity contribution in [3.8, 4) is 0 Å². The maximum absolute atomic E-state index is 2.52. The van der Waals surface area contributed by atoms with E-state index in [1.165, 1.54) is 82.6 Å². The molecule has 1 aromatic carbocycles. The van der Waals surface area contributed by atoms with Gasteiger partial charge in [0.2, 0.25) is 0 Å². The van der Waals surface area contributed by atoms with E-state index in [1.807, 2.05) is 0 Å². The Kier molecular flexibility index (Phi) is 8.79. The average molecular weight is 340 g/mol. The third kappa shape index (κ3) is 5.22. The first-order valence-corrected chi connectivity index (χ1v) is 11.0. The van der Waals surface area contributed by atoms with Crippen LogP contribution in [-0.2, 0) is 12.8 Å². The first-order chi connectivity index (χ1) is 12.3. The number of allylic oxidation sites excluding steroid dienone is 2. The normalized spacial score (nSPS) is 13.6. The number of hydrogen-bond acceptors (Lipinski definition) is 0. The highest BCUT2D eigenvalue weighted by Crippen LogP contribution is 2.43. The largest absolute Gasteiger partial charge is 0.0654 e. The molecule has 0 aliphatic heterocycles. The topological polar surface area (TPSA) is 0 Å². The minimum absolute atomic E-state index is 1.26. The lowest BCUT2D eigenvalue weighted by Gasteiger charge is -2.18. The Labute approximate surface area is 157 Å². The van der Waals surface area contributed by atoms with Gasteiger partial charge in [-0.25, -0.2) is 0 Å². The molecular weight excluding hydrogens is 300 g/mol. The van der Waals surface area contributed by atoms with Gasteiger partial charge in [-0.1, -0.05) is 71.1 Å². The molecule has 1 aromatic rings. The molecule has 2 rings (SSSR count). The van der Waals surface area contributed by atoms with Crippen LogP contribution in [0.4, 0.5) is 0 Å². The van der Waals surface area contributed by atoms with Gasteiger partial charge in [-0.3, -0.25) is 0 Å². The highest BCUT2D eigenvalue weighted by atomic mass is 14.3. The van der Waals surface area contributed by atoms with Crippen molar-refractivity contribution in [1.82, 2.24) is 0 Å². The van der Waals surface area contributed by atoms with Crippen LogP contribution in [0.3, 0.4) is 0 Å². The summed E-state index contributed by atoms with van der Waals surface area (Å²) in [5, 5.41) is 0. The summed E-state index contributed by atoms with van der Waals surface area (Å²) in [5.41, 5.74) is 9.85. The summed E-state index contributed by atoms with van der Waals surface area (Å²) in [6, 6.07) is 4.86. The van der Waals surface area contributed by atoms with Crippen molar-refractivity contribution in [2.45, 2.75) is 105 Å². The molecule has 0 bridgehead atoms. The molecule has 1 radical (unpaired) electrons. The van der Waals surface area contributed by atoms with E-state index in [4.69, 9.17) is 0 Å². The van der Waals surface area contributed by atoms with Gasteiger partial charge in [0.1, 0.15) is 0 Å². The summed E-state index contributed by atoms with van der Waals surface area (Å²) in [6.45, 7) is 9.26. The van der Waals surface area contributed by atoms with Gasteiger partial charge in [-0.15, -0.1) is 0 Å². The molecule has 0 unspecified atom stereocenters. The van der Waals surface area contributed by atoms with E-state index in [2.05, 4.69) is 46.2 Å². The summed E-state index contributed by atoms with van der Waals surface area (Å²) in [4.78, 5) is 0. The predicted octanol–water partition coefficient (Wildman–Crippen LogP) is 8.07. The van der Waals surface area contributed by atoms with E-state index in [0.29, 0.717) is 0 Å². The molecule has 0 atom stereocenters. The number of hydrogen-bond donors (Lipinski definition) is 0. The molecule has 0 saturated heterocycles. The molecule has 139 valence electrons. The standard InChI is InChI=1S/C25H39/c1-5-9-13-20-17-18-22-19-21(14-10-6-2)24(16-12-8-4)25(22)23(20)15-11-7-3/h17-19H,5-16H2,1-4H3. The van der Waals surface area contributed by atoms with Crippen molar-refractivity contribution >= 4 is 5.57 Å². The van der Waals surface area contributed by atoms with Gasteiger partial charge in [0.15, 0.2) is 0 Å².